The third-order valence-electron chi connectivity index (χ3n) is 0.420. The smallest absolute Gasteiger partial charge is 0.306 e. The van der Waals surface area contributed by atoms with Crippen molar-refractivity contribution in [1.29, 1.82) is 0 Å². The van der Waals surface area contributed by atoms with Crippen molar-refractivity contribution >= 4 is 33.2 Å². The maximum absolute atomic E-state index is 10.1. The van der Waals surface area contributed by atoms with E-state index in [0.29, 0.717) is 0 Å². The summed E-state index contributed by atoms with van der Waals surface area (Å²) in [5.74, 6) is -0.475. The molecule has 1 radical (unpaired) electrons. The fourth-order valence-corrected chi connectivity index (χ4v) is 0.342. The first-order valence-corrected chi connectivity index (χ1v) is 16.9. The molecule has 0 aromatic rings. The van der Waals surface area contributed by atoms with Gasteiger partial charge in [0.2, 0.25) is 0 Å². The van der Waals surface area contributed by atoms with Gasteiger partial charge in [-0.25, -0.2) is 0 Å². The number of hydrogen-bond acceptors (Lipinski definition) is 2. The molecule has 0 fully saturated rings. The third-order valence-corrected chi connectivity index (χ3v) is 0.420. The van der Waals surface area contributed by atoms with Gasteiger partial charge < -0.3 is 4.74 Å². The van der Waals surface area contributed by atoms with Crippen molar-refractivity contribution in [2.45, 2.75) is 26.4 Å². The van der Waals surface area contributed by atoms with Gasteiger partial charge in [-0.2, -0.15) is 0 Å². The average Bonchev–Trinajstić information content (AvgIpc) is 1.57. The summed E-state index contributed by atoms with van der Waals surface area (Å²) >= 11 is 6.25. The van der Waals surface area contributed by atoms with E-state index in [-0.39, 0.29) is 13.2 Å². The monoisotopic (exact) mass is 337 g/mol. The molecule has 0 N–H and O–H groups in total. The zero-order valence-corrected chi connectivity index (χ0v) is 13.1. The standard InChI is InChI=1S/C6H11O2.2BrH.Zn/c1-5(7)8-6(2,3)4;;;/h1H2,2-4H3;2*1H;/q;;;+2/p-2. The van der Waals surface area contributed by atoms with E-state index >= 15 is 0 Å². The van der Waals surface area contributed by atoms with Crippen LogP contribution >= 0.6 is 27.2 Å². The zero-order valence-electron chi connectivity index (χ0n) is 6.99. The van der Waals surface area contributed by atoms with E-state index in [0.717, 1.165) is 0 Å². The van der Waals surface area contributed by atoms with Crippen LogP contribution in [0.2, 0.25) is 0 Å². The van der Waals surface area contributed by atoms with Gasteiger partial charge in [0.15, 0.2) is 0 Å². The van der Waals surface area contributed by atoms with Gasteiger partial charge in [0, 0.05) is 0 Å². The molecular weight excluding hydrogens is 329 g/mol. The Kier molecular flexibility index (Phi) is 10.2. The summed E-state index contributed by atoms with van der Waals surface area (Å²) in [6.45, 7) is 8.47. The van der Waals surface area contributed by atoms with Crippen molar-refractivity contribution in [2.75, 3.05) is 0 Å². The molecule has 0 heterocycles. The van der Waals surface area contributed by atoms with Crippen LogP contribution in [0.15, 0.2) is 0 Å². The molecule has 0 aromatic heterocycles. The summed E-state index contributed by atoms with van der Waals surface area (Å²) in [4.78, 5) is 10.1. The van der Waals surface area contributed by atoms with Gasteiger partial charge in [0.1, 0.15) is 5.60 Å². The molecule has 0 atom stereocenters. The molecular formula is C6H11Br2O2Zn. The SMILES string of the molecule is [Br][Zn][Br].[CH2]C(=O)OC(C)(C)C. The number of carbonyl (C=O) groups excluding carboxylic acids is 1. The Morgan fingerprint density at radius 1 is 1.45 bits per heavy atom. The fourth-order valence-electron chi connectivity index (χ4n) is 0.342. The van der Waals surface area contributed by atoms with Crippen LogP contribution < -0.4 is 0 Å². The van der Waals surface area contributed by atoms with Crippen LogP contribution in [0.3, 0.4) is 0 Å². The normalized spacial score (nSPS) is 8.91. The number of halogens is 2. The fraction of sp³-hybridized carbons (Fsp3) is 0.667. The van der Waals surface area contributed by atoms with Crippen LogP contribution in [0.1, 0.15) is 20.8 Å². The van der Waals surface area contributed by atoms with Gasteiger partial charge in [-0.1, -0.05) is 0 Å². The van der Waals surface area contributed by atoms with E-state index < -0.39 is 11.6 Å². The summed E-state index contributed by atoms with van der Waals surface area (Å²) in [7, 11) is 0. The summed E-state index contributed by atoms with van der Waals surface area (Å²) in [5, 5.41) is 0. The van der Waals surface area contributed by atoms with Gasteiger partial charge in [-0.05, 0) is 20.8 Å². The van der Waals surface area contributed by atoms with Gasteiger partial charge in [0.05, 0.1) is 6.92 Å². The Hall–Kier alpha value is 1.05. The molecule has 0 saturated heterocycles. The van der Waals surface area contributed by atoms with E-state index in [2.05, 4.69) is 38.9 Å². The number of esters is 1. The maximum Gasteiger partial charge on any atom is 0.306 e. The van der Waals surface area contributed by atoms with Gasteiger partial charge >= 0.3 is 46.4 Å². The van der Waals surface area contributed by atoms with Crippen molar-refractivity contribution in [1.82, 2.24) is 0 Å². The van der Waals surface area contributed by atoms with Crippen molar-refractivity contribution < 1.29 is 22.7 Å². The number of hydrogen-bond donors (Lipinski definition) is 0. The summed E-state index contributed by atoms with van der Waals surface area (Å²) in [6, 6.07) is 0. The quantitative estimate of drug-likeness (QED) is 0.501. The van der Waals surface area contributed by atoms with E-state index in [9.17, 15) is 4.79 Å². The van der Waals surface area contributed by atoms with Gasteiger partial charge in [0.25, 0.3) is 0 Å². The zero-order chi connectivity index (χ0) is 9.49. The molecule has 11 heavy (non-hydrogen) atoms. The van der Waals surface area contributed by atoms with E-state index in [4.69, 9.17) is 0 Å². The largest absolute Gasteiger partial charge is 0.460 e. The van der Waals surface area contributed by atoms with Crippen LogP contribution in [0.4, 0.5) is 0 Å². The Labute approximate surface area is 88.8 Å². The van der Waals surface area contributed by atoms with Crippen LogP contribution in [-0.4, -0.2) is 11.6 Å². The first-order valence-electron chi connectivity index (χ1n) is 3.00. The molecule has 0 aliphatic carbocycles. The minimum Gasteiger partial charge on any atom is -0.460 e. The van der Waals surface area contributed by atoms with Crippen molar-refractivity contribution in [3.8, 4) is 0 Å². The van der Waals surface area contributed by atoms with E-state index in [1.807, 2.05) is 0 Å². The molecule has 0 saturated carbocycles. The molecule has 5 heteroatoms. The second-order valence-electron chi connectivity index (χ2n) is 2.69. The molecule has 0 aliphatic rings. The second kappa shape index (κ2) is 7.69. The number of carbonyl (C=O) groups is 1. The van der Waals surface area contributed by atoms with E-state index in [1.165, 1.54) is 0 Å². The van der Waals surface area contributed by atoms with Crippen molar-refractivity contribution in [2.24, 2.45) is 0 Å². The minimum absolute atomic E-state index is 0.250. The van der Waals surface area contributed by atoms with Crippen molar-refractivity contribution in [3.63, 3.8) is 0 Å². The second-order valence-corrected chi connectivity index (χ2v) is 16.8. The molecule has 0 amide bonds. The Bertz CT molecular complexity index is 112. The van der Waals surface area contributed by atoms with Gasteiger partial charge in [-0.3, -0.25) is 4.79 Å². The topological polar surface area (TPSA) is 26.3 Å². The Balaban J connectivity index is 0. The van der Waals surface area contributed by atoms with Crippen LogP contribution in [-0.2, 0) is 22.7 Å². The molecule has 0 unspecified atom stereocenters. The Morgan fingerprint density at radius 3 is 1.73 bits per heavy atom. The van der Waals surface area contributed by atoms with Crippen molar-refractivity contribution in [3.05, 3.63) is 6.92 Å². The predicted octanol–water partition coefficient (Wildman–Crippen LogP) is 2.85. The summed E-state index contributed by atoms with van der Waals surface area (Å²) < 4.78 is 4.69. The molecule has 63 valence electrons. The molecule has 0 bridgehead atoms. The summed E-state index contributed by atoms with van der Waals surface area (Å²) in [5.41, 5.74) is -0.390. The molecule has 0 aliphatic heterocycles. The molecule has 0 rings (SSSR count). The average molecular weight is 340 g/mol. The minimum atomic E-state index is -0.475. The van der Waals surface area contributed by atoms with Crippen LogP contribution in [0.5, 0.6) is 0 Å². The Morgan fingerprint density at radius 2 is 1.73 bits per heavy atom. The summed E-state index contributed by atoms with van der Waals surface area (Å²) in [6.07, 6.45) is 0. The van der Waals surface area contributed by atoms with Gasteiger partial charge in [-0.15, -0.1) is 0 Å². The molecule has 0 aromatic carbocycles. The molecule has 2 nitrogen and oxygen atoms in total. The first kappa shape index (κ1) is 14.6. The predicted molar refractivity (Wildman–Crippen MR) is 49.1 cm³/mol. The van der Waals surface area contributed by atoms with E-state index in [1.54, 1.807) is 20.8 Å². The van der Waals surface area contributed by atoms with Crippen LogP contribution in [0, 0.1) is 6.92 Å². The third kappa shape index (κ3) is 24.7. The van der Waals surface area contributed by atoms with Crippen LogP contribution in [0.25, 0.3) is 0 Å². The first-order chi connectivity index (χ1) is 4.83. The number of ether oxygens (including phenoxy) is 1. The maximum atomic E-state index is 10.1. The molecule has 0 spiro atoms. The number of rotatable bonds is 0.